The smallest absolute Gasteiger partial charge is 0.253 e. The third-order valence-electron chi connectivity index (χ3n) is 5.33. The van der Waals surface area contributed by atoms with E-state index < -0.39 is 22.0 Å². The minimum Gasteiger partial charge on any atom is -0.324 e. The minimum absolute atomic E-state index is 0.223. The highest BCUT2D eigenvalue weighted by molar-refractivity contribution is 9.10. The van der Waals surface area contributed by atoms with Crippen LogP contribution >= 0.6 is 27.3 Å². The average molecular weight is 533 g/mol. The molecule has 0 aliphatic carbocycles. The van der Waals surface area contributed by atoms with Crippen molar-refractivity contribution in [3.05, 3.63) is 81.6 Å². The zero-order valence-corrected chi connectivity index (χ0v) is 20.3. The van der Waals surface area contributed by atoms with Crippen LogP contribution in [0.1, 0.15) is 35.2 Å². The van der Waals surface area contributed by atoms with Gasteiger partial charge in [-0.25, -0.2) is 8.42 Å². The number of sulfonamides is 1. The van der Waals surface area contributed by atoms with Gasteiger partial charge in [0.15, 0.2) is 5.78 Å². The Morgan fingerprint density at radius 3 is 2.53 bits per heavy atom. The summed E-state index contributed by atoms with van der Waals surface area (Å²) in [6.45, 7) is 0.286. The Bertz CT molecular complexity index is 1230. The first-order valence-electron chi connectivity index (χ1n) is 10.1. The monoisotopic (exact) mass is 532 g/mol. The van der Waals surface area contributed by atoms with Crippen molar-refractivity contribution in [3.63, 3.8) is 0 Å². The Labute approximate surface area is 199 Å². The Morgan fingerprint density at radius 2 is 1.81 bits per heavy atom. The van der Waals surface area contributed by atoms with Gasteiger partial charge in [0.2, 0.25) is 5.91 Å². The van der Waals surface area contributed by atoms with E-state index in [-0.39, 0.29) is 16.5 Å². The van der Waals surface area contributed by atoms with Gasteiger partial charge in [-0.15, -0.1) is 11.3 Å². The van der Waals surface area contributed by atoms with Crippen LogP contribution < -0.4 is 5.32 Å². The maximum absolute atomic E-state index is 13.3. The molecule has 9 heteroatoms. The van der Waals surface area contributed by atoms with Gasteiger partial charge >= 0.3 is 0 Å². The highest BCUT2D eigenvalue weighted by Gasteiger charge is 2.38. The molecule has 0 radical (unpaired) electrons. The molecule has 1 fully saturated rings. The van der Waals surface area contributed by atoms with Crippen molar-refractivity contribution in [2.24, 2.45) is 0 Å². The number of piperidine rings is 1. The van der Waals surface area contributed by atoms with E-state index >= 15 is 0 Å². The number of thiophene rings is 1. The van der Waals surface area contributed by atoms with Gasteiger partial charge in [-0.2, -0.15) is 4.31 Å². The second-order valence-corrected chi connectivity index (χ2v) is 11.4. The molecule has 3 aromatic rings. The Kier molecular flexibility index (Phi) is 6.90. The van der Waals surface area contributed by atoms with Gasteiger partial charge in [-0.05, 0) is 42.5 Å². The van der Waals surface area contributed by atoms with E-state index in [2.05, 4.69) is 21.2 Å². The highest BCUT2D eigenvalue weighted by Crippen LogP contribution is 2.30. The van der Waals surface area contributed by atoms with Crippen LogP contribution in [0.3, 0.4) is 0 Å². The Balaban J connectivity index is 1.63. The quantitative estimate of drug-likeness (QED) is 0.456. The number of carbonyl (C=O) groups is 2. The number of amides is 1. The van der Waals surface area contributed by atoms with Gasteiger partial charge in [0, 0.05) is 22.1 Å². The Morgan fingerprint density at radius 1 is 1.03 bits per heavy atom. The van der Waals surface area contributed by atoms with Gasteiger partial charge < -0.3 is 5.32 Å². The van der Waals surface area contributed by atoms with E-state index in [0.29, 0.717) is 34.1 Å². The number of rotatable bonds is 6. The normalized spacial score (nSPS) is 17.1. The molecule has 166 valence electrons. The van der Waals surface area contributed by atoms with Crippen LogP contribution in [0.15, 0.2) is 74.7 Å². The molecule has 0 spiro atoms. The summed E-state index contributed by atoms with van der Waals surface area (Å²) in [4.78, 5) is 26.3. The van der Waals surface area contributed by atoms with E-state index in [0.717, 1.165) is 17.8 Å². The summed E-state index contributed by atoms with van der Waals surface area (Å²) in [5, 5.41) is 4.53. The first-order valence-corrected chi connectivity index (χ1v) is 13.2. The fourth-order valence-corrected chi connectivity index (χ4v) is 6.89. The molecule has 6 nitrogen and oxygen atoms in total. The van der Waals surface area contributed by atoms with Crippen LogP contribution in [-0.4, -0.2) is 37.0 Å². The van der Waals surface area contributed by atoms with Crippen molar-refractivity contribution in [2.75, 3.05) is 11.9 Å². The summed E-state index contributed by atoms with van der Waals surface area (Å²) in [6.07, 6.45) is 1.88. The van der Waals surface area contributed by atoms with E-state index in [9.17, 15) is 18.0 Å². The lowest BCUT2D eigenvalue weighted by Gasteiger charge is -2.33. The maximum atomic E-state index is 13.3. The van der Waals surface area contributed by atoms with Gasteiger partial charge in [0.1, 0.15) is 10.3 Å². The molecule has 1 unspecified atom stereocenters. The molecule has 1 amide bonds. The second-order valence-electron chi connectivity index (χ2n) is 7.43. The molecule has 1 N–H and O–H groups in total. The summed E-state index contributed by atoms with van der Waals surface area (Å²) in [5.74, 6) is -0.664. The molecule has 1 aliphatic heterocycles. The molecule has 32 heavy (non-hydrogen) atoms. The van der Waals surface area contributed by atoms with Crippen molar-refractivity contribution >= 4 is 54.7 Å². The van der Waals surface area contributed by atoms with E-state index in [1.54, 1.807) is 60.0 Å². The van der Waals surface area contributed by atoms with E-state index in [4.69, 9.17) is 0 Å². The third-order valence-corrected chi connectivity index (χ3v) is 9.11. The zero-order valence-electron chi connectivity index (χ0n) is 17.0. The Hall–Kier alpha value is -2.33. The number of ketones is 1. The molecule has 0 saturated carbocycles. The topological polar surface area (TPSA) is 83.6 Å². The van der Waals surface area contributed by atoms with Crippen molar-refractivity contribution in [2.45, 2.75) is 29.5 Å². The molecular formula is C23H21BrN2O4S2. The predicted octanol–water partition coefficient (Wildman–Crippen LogP) is 4.92. The van der Waals surface area contributed by atoms with Crippen molar-refractivity contribution in [1.29, 1.82) is 0 Å². The number of carbonyl (C=O) groups excluding carboxylic acids is 2. The first-order chi connectivity index (χ1) is 15.4. The number of benzene rings is 2. The first kappa shape index (κ1) is 22.8. The summed E-state index contributed by atoms with van der Waals surface area (Å²) in [5.41, 5.74) is 1.19. The van der Waals surface area contributed by atoms with E-state index in [1.165, 1.54) is 4.31 Å². The average Bonchev–Trinajstić information content (AvgIpc) is 3.36. The van der Waals surface area contributed by atoms with Crippen molar-refractivity contribution in [3.8, 4) is 0 Å². The van der Waals surface area contributed by atoms with Crippen LogP contribution in [-0.2, 0) is 14.8 Å². The zero-order chi connectivity index (χ0) is 22.7. The maximum Gasteiger partial charge on any atom is 0.253 e. The van der Waals surface area contributed by atoms with E-state index in [1.807, 2.05) is 6.07 Å². The number of halogens is 1. The minimum atomic E-state index is -3.76. The molecule has 1 saturated heterocycles. The SMILES string of the molecule is O=C(c1ccccc1)c1cc(Br)ccc1NC(=O)C1CCCCN1S(=O)(=O)c1cccs1. The molecule has 1 atom stereocenters. The van der Waals surface area contributed by atoms with Crippen molar-refractivity contribution in [1.82, 2.24) is 4.31 Å². The number of hydrogen-bond donors (Lipinski definition) is 1. The van der Waals surface area contributed by atoms with Crippen LogP contribution in [0.4, 0.5) is 5.69 Å². The van der Waals surface area contributed by atoms with Crippen LogP contribution in [0.25, 0.3) is 0 Å². The van der Waals surface area contributed by atoms with Gasteiger partial charge in [-0.1, -0.05) is 58.7 Å². The third kappa shape index (κ3) is 4.71. The summed E-state index contributed by atoms with van der Waals surface area (Å²) in [6, 6.07) is 16.2. The van der Waals surface area contributed by atoms with Crippen LogP contribution in [0, 0.1) is 0 Å². The molecular weight excluding hydrogens is 512 g/mol. The summed E-state index contributed by atoms with van der Waals surface area (Å²) >= 11 is 4.52. The molecule has 1 aliphatic rings. The number of nitrogens with one attached hydrogen (secondary N) is 1. The molecule has 4 rings (SSSR count). The highest BCUT2D eigenvalue weighted by atomic mass is 79.9. The molecule has 2 aromatic carbocycles. The van der Waals surface area contributed by atoms with Gasteiger partial charge in [-0.3, -0.25) is 9.59 Å². The summed E-state index contributed by atoms with van der Waals surface area (Å²) < 4.78 is 28.4. The van der Waals surface area contributed by atoms with Gasteiger partial charge in [0.05, 0.1) is 5.69 Å². The van der Waals surface area contributed by atoms with Crippen molar-refractivity contribution < 1.29 is 18.0 Å². The lowest BCUT2D eigenvalue weighted by molar-refractivity contribution is -0.120. The fraction of sp³-hybridized carbons (Fsp3) is 0.217. The molecule has 2 heterocycles. The molecule has 1 aromatic heterocycles. The second kappa shape index (κ2) is 9.66. The largest absolute Gasteiger partial charge is 0.324 e. The van der Waals surface area contributed by atoms with Crippen LogP contribution in [0.5, 0.6) is 0 Å². The predicted molar refractivity (Wildman–Crippen MR) is 128 cm³/mol. The standard InChI is InChI=1S/C23H21BrN2O4S2/c24-17-11-12-19(18(15-17)22(27)16-7-2-1-3-8-16)25-23(28)20-9-4-5-13-26(20)32(29,30)21-10-6-14-31-21/h1-3,6-8,10-12,14-15,20H,4-5,9,13H2,(H,25,28). The number of hydrogen-bond acceptors (Lipinski definition) is 5. The lowest BCUT2D eigenvalue weighted by Crippen LogP contribution is -2.49. The van der Waals surface area contributed by atoms with Crippen LogP contribution in [0.2, 0.25) is 0 Å². The number of anilines is 1. The fourth-order valence-electron chi connectivity index (χ4n) is 3.75. The molecule has 0 bridgehead atoms. The lowest BCUT2D eigenvalue weighted by atomic mass is 10.0. The number of nitrogens with zero attached hydrogens (tertiary/aromatic N) is 1. The summed E-state index contributed by atoms with van der Waals surface area (Å²) in [7, 11) is -3.76. The van der Waals surface area contributed by atoms with Gasteiger partial charge in [0.25, 0.3) is 10.0 Å².